The first kappa shape index (κ1) is 32.4. The molecule has 230 valence electrons. The van der Waals surface area contributed by atoms with Crippen LogP contribution in [0.25, 0.3) is 10.9 Å². The third kappa shape index (κ3) is 8.54. The van der Waals surface area contributed by atoms with Gasteiger partial charge in [0.25, 0.3) is 0 Å². The van der Waals surface area contributed by atoms with E-state index >= 15 is 0 Å². The topological polar surface area (TPSA) is 109 Å². The van der Waals surface area contributed by atoms with E-state index < -0.39 is 5.60 Å². The second-order valence-electron chi connectivity index (χ2n) is 11.2. The van der Waals surface area contributed by atoms with Crippen LogP contribution in [0.3, 0.4) is 0 Å². The zero-order valence-corrected chi connectivity index (χ0v) is 26.6. The molecule has 0 bridgehead atoms. The molecule has 0 unspecified atom stereocenters. The summed E-state index contributed by atoms with van der Waals surface area (Å²) in [6.07, 6.45) is 2.32. The quantitative estimate of drug-likeness (QED) is 0.203. The number of hydrogen-bond acceptors (Lipinski definition) is 10. The summed E-state index contributed by atoms with van der Waals surface area (Å²) in [6.45, 7) is 10.7. The van der Waals surface area contributed by atoms with Gasteiger partial charge in [0.05, 0.1) is 59.9 Å². The third-order valence-electron chi connectivity index (χ3n) is 6.89. The second-order valence-corrected chi connectivity index (χ2v) is 12.0. The molecule has 43 heavy (non-hydrogen) atoms. The lowest BCUT2D eigenvalue weighted by atomic mass is 10.1. The zero-order chi connectivity index (χ0) is 31.1. The van der Waals surface area contributed by atoms with Crippen LogP contribution >= 0.6 is 23.2 Å². The number of methoxy groups -OCH3 is 2. The molecule has 0 saturated carbocycles. The maximum absolute atomic E-state index is 12.1. The van der Waals surface area contributed by atoms with Crippen LogP contribution in [0.1, 0.15) is 32.8 Å². The van der Waals surface area contributed by atoms with Gasteiger partial charge in [0.15, 0.2) is 11.5 Å². The molecule has 0 atom stereocenters. The number of nitrogens with one attached hydrogen (secondary N) is 1. The van der Waals surface area contributed by atoms with Gasteiger partial charge in [0, 0.05) is 56.4 Å². The number of piperazine rings is 1. The summed E-state index contributed by atoms with van der Waals surface area (Å²) >= 11 is 12.6. The van der Waals surface area contributed by atoms with E-state index in [9.17, 15) is 10.1 Å². The number of carbonyl (C=O) groups is 1. The van der Waals surface area contributed by atoms with Crippen molar-refractivity contribution in [2.45, 2.75) is 32.8 Å². The molecule has 10 nitrogen and oxygen atoms in total. The molecule has 1 saturated heterocycles. The van der Waals surface area contributed by atoms with Crippen LogP contribution in [0.4, 0.5) is 11.4 Å². The highest BCUT2D eigenvalue weighted by atomic mass is 35.5. The number of esters is 1. The van der Waals surface area contributed by atoms with E-state index in [1.165, 1.54) is 13.3 Å². The van der Waals surface area contributed by atoms with Gasteiger partial charge in [0.1, 0.15) is 17.4 Å². The molecule has 2 aromatic carbocycles. The van der Waals surface area contributed by atoms with E-state index in [1.54, 1.807) is 31.4 Å². The lowest BCUT2D eigenvalue weighted by Crippen LogP contribution is -2.48. The number of aromatic nitrogens is 1. The Hall–Kier alpha value is -3.49. The van der Waals surface area contributed by atoms with E-state index in [2.05, 4.69) is 26.2 Å². The highest BCUT2D eigenvalue weighted by Crippen LogP contribution is 2.40. The normalized spacial score (nSPS) is 14.3. The molecular weight excluding hydrogens is 593 g/mol. The standard InChI is InChI=1S/C31H37Cl2N5O5/c1-31(2,3)43-29(39)19-38-10-8-37(9-11-38)7-6-12-42-28-15-24-21(13-27(28)41-5)30(20(17-34)18-35-24)36-25-16-26(40-4)23(33)14-22(25)32/h13-16,18H,6-12,19H2,1-5H3,(H,35,36). The van der Waals surface area contributed by atoms with E-state index in [-0.39, 0.29) is 5.97 Å². The van der Waals surface area contributed by atoms with Gasteiger partial charge < -0.3 is 29.2 Å². The number of hydrogen-bond donors (Lipinski definition) is 1. The average Bonchev–Trinajstić information content (AvgIpc) is 2.96. The Kier molecular flexibility index (Phi) is 10.8. The van der Waals surface area contributed by atoms with Crippen LogP contribution in [-0.2, 0) is 9.53 Å². The van der Waals surface area contributed by atoms with Crippen molar-refractivity contribution in [2.75, 3.05) is 65.4 Å². The highest BCUT2D eigenvalue weighted by Gasteiger charge is 2.23. The SMILES string of the molecule is COc1cc(Nc2c(C#N)cnc3cc(OCCCN4CCN(CC(=O)OC(C)(C)C)CC4)c(OC)cc23)c(Cl)cc1Cl. The fourth-order valence-electron chi connectivity index (χ4n) is 4.81. The Morgan fingerprint density at radius 3 is 2.35 bits per heavy atom. The molecule has 1 aliphatic rings. The zero-order valence-electron chi connectivity index (χ0n) is 25.1. The number of fused-ring (bicyclic) bond motifs is 1. The van der Waals surface area contributed by atoms with Crippen LogP contribution in [0.15, 0.2) is 30.5 Å². The van der Waals surface area contributed by atoms with Gasteiger partial charge in [-0.15, -0.1) is 0 Å². The first-order valence-electron chi connectivity index (χ1n) is 14.0. The molecular formula is C31H37Cl2N5O5. The Morgan fingerprint density at radius 1 is 1.00 bits per heavy atom. The fourth-order valence-corrected chi connectivity index (χ4v) is 5.31. The molecule has 3 aromatic rings. The minimum Gasteiger partial charge on any atom is -0.495 e. The summed E-state index contributed by atoms with van der Waals surface area (Å²) < 4.78 is 22.5. The molecule has 1 N–H and O–H groups in total. The van der Waals surface area contributed by atoms with Crippen molar-refractivity contribution < 1.29 is 23.7 Å². The van der Waals surface area contributed by atoms with E-state index in [1.807, 2.05) is 20.8 Å². The van der Waals surface area contributed by atoms with E-state index in [0.717, 1.165) is 39.1 Å². The first-order chi connectivity index (χ1) is 20.5. The van der Waals surface area contributed by atoms with Crippen molar-refractivity contribution in [3.8, 4) is 23.3 Å². The lowest BCUT2D eigenvalue weighted by molar-refractivity contribution is -0.156. The second kappa shape index (κ2) is 14.3. The third-order valence-corrected chi connectivity index (χ3v) is 7.50. The number of ether oxygens (including phenoxy) is 4. The number of nitrogens with zero attached hydrogens (tertiary/aromatic N) is 4. The number of carbonyl (C=O) groups excluding carboxylic acids is 1. The van der Waals surface area contributed by atoms with Gasteiger partial charge in [-0.1, -0.05) is 23.2 Å². The molecule has 1 aliphatic heterocycles. The molecule has 0 amide bonds. The average molecular weight is 631 g/mol. The van der Waals surface area contributed by atoms with Crippen molar-refractivity contribution >= 4 is 51.4 Å². The smallest absolute Gasteiger partial charge is 0.320 e. The number of rotatable bonds is 11. The van der Waals surface area contributed by atoms with E-state index in [4.69, 9.17) is 42.1 Å². The summed E-state index contributed by atoms with van der Waals surface area (Å²) in [4.78, 5) is 21.1. The Balaban J connectivity index is 1.39. The summed E-state index contributed by atoms with van der Waals surface area (Å²) in [6, 6.07) is 9.04. The van der Waals surface area contributed by atoms with Crippen molar-refractivity contribution in [1.82, 2.24) is 14.8 Å². The maximum Gasteiger partial charge on any atom is 0.320 e. The van der Waals surface area contributed by atoms with Gasteiger partial charge >= 0.3 is 5.97 Å². The van der Waals surface area contributed by atoms with Crippen molar-refractivity contribution in [1.29, 1.82) is 5.26 Å². The molecule has 2 heterocycles. The predicted octanol–water partition coefficient (Wildman–Crippen LogP) is 5.90. The van der Waals surface area contributed by atoms with E-state index in [0.29, 0.717) is 68.3 Å². The first-order valence-corrected chi connectivity index (χ1v) is 14.8. The summed E-state index contributed by atoms with van der Waals surface area (Å²) in [5.41, 5.74) is 1.53. The van der Waals surface area contributed by atoms with Gasteiger partial charge in [-0.05, 0) is 39.3 Å². The van der Waals surface area contributed by atoms with Crippen LogP contribution in [0, 0.1) is 11.3 Å². The van der Waals surface area contributed by atoms with Gasteiger partial charge in [-0.25, -0.2) is 0 Å². The minimum atomic E-state index is -0.470. The van der Waals surface area contributed by atoms with Gasteiger partial charge in [-0.3, -0.25) is 14.7 Å². The summed E-state index contributed by atoms with van der Waals surface area (Å²) in [5, 5.41) is 14.5. The lowest BCUT2D eigenvalue weighted by Gasteiger charge is -2.34. The Morgan fingerprint density at radius 2 is 1.70 bits per heavy atom. The monoisotopic (exact) mass is 629 g/mol. The van der Waals surface area contributed by atoms with Crippen molar-refractivity contribution in [2.24, 2.45) is 0 Å². The van der Waals surface area contributed by atoms with Crippen LogP contribution in [0.5, 0.6) is 17.2 Å². The number of benzene rings is 2. The summed E-state index contributed by atoms with van der Waals surface area (Å²) in [5.74, 6) is 1.34. The molecule has 0 spiro atoms. The van der Waals surface area contributed by atoms with Crippen LogP contribution in [0.2, 0.25) is 10.0 Å². The molecule has 12 heteroatoms. The van der Waals surface area contributed by atoms with Gasteiger partial charge in [0.2, 0.25) is 0 Å². The summed E-state index contributed by atoms with van der Waals surface area (Å²) in [7, 11) is 3.09. The van der Waals surface area contributed by atoms with Gasteiger partial charge in [-0.2, -0.15) is 5.26 Å². The molecule has 4 rings (SSSR count). The van der Waals surface area contributed by atoms with Crippen molar-refractivity contribution in [3.63, 3.8) is 0 Å². The molecule has 0 aliphatic carbocycles. The molecule has 1 fully saturated rings. The highest BCUT2D eigenvalue weighted by molar-refractivity contribution is 6.37. The van der Waals surface area contributed by atoms with Crippen molar-refractivity contribution in [3.05, 3.63) is 46.1 Å². The molecule has 1 aromatic heterocycles. The Bertz CT molecular complexity index is 1500. The predicted molar refractivity (Wildman–Crippen MR) is 168 cm³/mol. The van der Waals surface area contributed by atoms with Crippen LogP contribution in [-0.4, -0.2) is 86.4 Å². The number of anilines is 2. The fraction of sp³-hybridized carbons (Fsp3) is 0.452. The van der Waals surface area contributed by atoms with Crippen LogP contribution < -0.4 is 19.5 Å². The molecule has 0 radical (unpaired) electrons. The maximum atomic E-state index is 12.1. The minimum absolute atomic E-state index is 0.186. The number of nitriles is 1. The number of pyridine rings is 1. The number of halogens is 2. The largest absolute Gasteiger partial charge is 0.495 e. The Labute approximate surface area is 262 Å².